The maximum atomic E-state index is 9.88. The van der Waals surface area contributed by atoms with Crippen LogP contribution in [0.2, 0.25) is 0 Å². The molecule has 2 heterocycles. The van der Waals surface area contributed by atoms with E-state index in [0.29, 0.717) is 5.82 Å². The minimum Gasteiger partial charge on any atom is -0.508 e. The van der Waals surface area contributed by atoms with Gasteiger partial charge in [0.05, 0.1) is 6.04 Å². The second kappa shape index (κ2) is 7.00. The summed E-state index contributed by atoms with van der Waals surface area (Å²) in [7, 11) is 0. The first-order chi connectivity index (χ1) is 12.7. The number of para-hydroxylation sites is 1. The van der Waals surface area contributed by atoms with Crippen molar-refractivity contribution in [3.63, 3.8) is 0 Å². The standard InChI is InChI=1S/C20H22N4O2/c21-20-15(14-26-22-20)11-18-13-23(16-5-2-1-3-6-16)9-10-24(18)17-7-4-8-19(25)12-17/h1-8,12,14,18,25H,9-11,13H2,(H2,21,22). The highest BCUT2D eigenvalue weighted by Crippen LogP contribution is 2.28. The summed E-state index contributed by atoms with van der Waals surface area (Å²) in [6.45, 7) is 2.62. The number of piperazine rings is 1. The van der Waals surface area contributed by atoms with E-state index in [1.807, 2.05) is 24.3 Å². The van der Waals surface area contributed by atoms with Crippen molar-refractivity contribution in [2.75, 3.05) is 35.2 Å². The van der Waals surface area contributed by atoms with Gasteiger partial charge in [0, 0.05) is 49.1 Å². The van der Waals surface area contributed by atoms with E-state index in [9.17, 15) is 5.11 Å². The molecule has 134 valence electrons. The summed E-state index contributed by atoms with van der Waals surface area (Å²) in [4.78, 5) is 4.71. The fourth-order valence-electron chi connectivity index (χ4n) is 3.59. The van der Waals surface area contributed by atoms with E-state index in [-0.39, 0.29) is 11.8 Å². The van der Waals surface area contributed by atoms with Crippen LogP contribution in [-0.2, 0) is 6.42 Å². The Bertz CT molecular complexity index is 865. The Morgan fingerprint density at radius 1 is 1.08 bits per heavy atom. The third-order valence-corrected chi connectivity index (χ3v) is 4.90. The largest absolute Gasteiger partial charge is 0.508 e. The van der Waals surface area contributed by atoms with Crippen molar-refractivity contribution >= 4 is 17.2 Å². The molecule has 3 aromatic rings. The Balaban J connectivity index is 1.62. The normalized spacial score (nSPS) is 17.5. The Labute approximate surface area is 152 Å². The average molecular weight is 350 g/mol. The van der Waals surface area contributed by atoms with Crippen molar-refractivity contribution in [1.82, 2.24) is 5.16 Å². The van der Waals surface area contributed by atoms with Crippen molar-refractivity contribution in [3.05, 3.63) is 66.4 Å². The van der Waals surface area contributed by atoms with E-state index in [0.717, 1.165) is 37.3 Å². The van der Waals surface area contributed by atoms with E-state index in [1.165, 1.54) is 5.69 Å². The number of hydrogen-bond acceptors (Lipinski definition) is 6. The van der Waals surface area contributed by atoms with Gasteiger partial charge in [0.2, 0.25) is 0 Å². The minimum atomic E-state index is 0.187. The molecule has 26 heavy (non-hydrogen) atoms. The van der Waals surface area contributed by atoms with Gasteiger partial charge in [-0.15, -0.1) is 0 Å². The first-order valence-corrected chi connectivity index (χ1v) is 8.75. The number of aromatic nitrogens is 1. The first kappa shape index (κ1) is 16.3. The molecule has 0 amide bonds. The summed E-state index contributed by atoms with van der Waals surface area (Å²) in [5, 5.41) is 13.7. The molecule has 1 saturated heterocycles. The molecule has 6 nitrogen and oxygen atoms in total. The zero-order chi connectivity index (χ0) is 17.9. The molecular formula is C20H22N4O2. The van der Waals surface area contributed by atoms with Gasteiger partial charge >= 0.3 is 0 Å². The molecule has 3 N–H and O–H groups in total. The number of nitrogen functional groups attached to an aromatic ring is 1. The SMILES string of the molecule is Nc1nocc1CC1CN(c2ccccc2)CCN1c1cccc(O)c1. The monoisotopic (exact) mass is 350 g/mol. The molecule has 6 heteroatoms. The second-order valence-electron chi connectivity index (χ2n) is 6.58. The van der Waals surface area contributed by atoms with Crippen LogP contribution in [0, 0.1) is 0 Å². The molecule has 2 aromatic carbocycles. The number of nitrogens with two attached hydrogens (primary N) is 1. The van der Waals surface area contributed by atoms with Crippen LogP contribution in [0.3, 0.4) is 0 Å². The molecule has 1 aromatic heterocycles. The third kappa shape index (κ3) is 3.31. The van der Waals surface area contributed by atoms with E-state index in [1.54, 1.807) is 12.3 Å². The third-order valence-electron chi connectivity index (χ3n) is 4.90. The number of benzene rings is 2. The number of aromatic hydroxyl groups is 1. The van der Waals surface area contributed by atoms with Gasteiger partial charge in [-0.3, -0.25) is 0 Å². The molecule has 0 bridgehead atoms. The van der Waals surface area contributed by atoms with Gasteiger partial charge in [0.15, 0.2) is 5.82 Å². The van der Waals surface area contributed by atoms with E-state index in [4.69, 9.17) is 10.3 Å². The van der Waals surface area contributed by atoms with Gasteiger partial charge in [-0.2, -0.15) is 0 Å². The van der Waals surface area contributed by atoms with E-state index in [2.05, 4.69) is 39.2 Å². The predicted octanol–water partition coefficient (Wildman–Crippen LogP) is 2.90. The number of phenols is 1. The number of rotatable bonds is 4. The molecule has 1 atom stereocenters. The quantitative estimate of drug-likeness (QED) is 0.753. The first-order valence-electron chi connectivity index (χ1n) is 8.75. The molecular weight excluding hydrogens is 328 g/mol. The zero-order valence-corrected chi connectivity index (χ0v) is 14.5. The Morgan fingerprint density at radius 3 is 2.62 bits per heavy atom. The summed E-state index contributed by atoms with van der Waals surface area (Å²) < 4.78 is 5.01. The number of anilines is 3. The molecule has 1 aliphatic heterocycles. The highest BCUT2D eigenvalue weighted by molar-refractivity contribution is 5.55. The van der Waals surface area contributed by atoms with Gasteiger partial charge in [0.1, 0.15) is 12.0 Å². The van der Waals surface area contributed by atoms with Crippen LogP contribution in [0.1, 0.15) is 5.56 Å². The molecule has 0 aliphatic carbocycles. The summed E-state index contributed by atoms with van der Waals surface area (Å²) in [5.74, 6) is 0.717. The number of hydrogen-bond donors (Lipinski definition) is 2. The van der Waals surface area contributed by atoms with Gasteiger partial charge in [-0.1, -0.05) is 29.4 Å². The van der Waals surface area contributed by atoms with Gasteiger partial charge in [0.25, 0.3) is 0 Å². The second-order valence-corrected chi connectivity index (χ2v) is 6.58. The van der Waals surface area contributed by atoms with Crippen LogP contribution in [0.5, 0.6) is 5.75 Å². The van der Waals surface area contributed by atoms with Gasteiger partial charge in [-0.05, 0) is 24.3 Å². The number of phenolic OH excluding ortho intramolecular Hbond substituents is 1. The van der Waals surface area contributed by atoms with Crippen molar-refractivity contribution in [1.29, 1.82) is 0 Å². The summed E-state index contributed by atoms with van der Waals surface area (Å²) >= 11 is 0. The molecule has 1 aliphatic rings. The topological polar surface area (TPSA) is 78.8 Å². The average Bonchev–Trinajstić information content (AvgIpc) is 3.07. The van der Waals surface area contributed by atoms with Crippen molar-refractivity contribution in [3.8, 4) is 5.75 Å². The Hall–Kier alpha value is -3.15. The minimum absolute atomic E-state index is 0.187. The van der Waals surface area contributed by atoms with Gasteiger partial charge in [-0.25, -0.2) is 0 Å². The molecule has 4 rings (SSSR count). The Morgan fingerprint density at radius 2 is 1.88 bits per heavy atom. The molecule has 0 radical (unpaired) electrons. The lowest BCUT2D eigenvalue weighted by atomic mass is 10.0. The summed E-state index contributed by atoms with van der Waals surface area (Å²) in [6, 6.07) is 18.0. The molecule has 1 fully saturated rings. The summed E-state index contributed by atoms with van der Waals surface area (Å²) in [6.07, 6.45) is 2.35. The fourth-order valence-corrected chi connectivity index (χ4v) is 3.59. The zero-order valence-electron chi connectivity index (χ0n) is 14.5. The van der Waals surface area contributed by atoms with Crippen molar-refractivity contribution < 1.29 is 9.63 Å². The van der Waals surface area contributed by atoms with Crippen molar-refractivity contribution in [2.45, 2.75) is 12.5 Å². The highest BCUT2D eigenvalue weighted by atomic mass is 16.5. The van der Waals surface area contributed by atoms with Crippen LogP contribution >= 0.6 is 0 Å². The van der Waals surface area contributed by atoms with Crippen molar-refractivity contribution in [2.24, 2.45) is 0 Å². The highest BCUT2D eigenvalue weighted by Gasteiger charge is 2.29. The predicted molar refractivity (Wildman–Crippen MR) is 103 cm³/mol. The molecule has 1 unspecified atom stereocenters. The van der Waals surface area contributed by atoms with Crippen LogP contribution in [0.4, 0.5) is 17.2 Å². The molecule has 0 saturated carbocycles. The maximum Gasteiger partial charge on any atom is 0.170 e. The van der Waals surface area contributed by atoms with Crippen LogP contribution < -0.4 is 15.5 Å². The van der Waals surface area contributed by atoms with E-state index < -0.39 is 0 Å². The lowest BCUT2D eigenvalue weighted by Gasteiger charge is -2.44. The van der Waals surface area contributed by atoms with Crippen LogP contribution in [0.15, 0.2) is 65.4 Å². The van der Waals surface area contributed by atoms with Crippen LogP contribution in [-0.4, -0.2) is 35.9 Å². The smallest absolute Gasteiger partial charge is 0.170 e. The van der Waals surface area contributed by atoms with Crippen LogP contribution in [0.25, 0.3) is 0 Å². The number of nitrogens with zero attached hydrogens (tertiary/aromatic N) is 3. The fraction of sp³-hybridized carbons (Fsp3) is 0.250. The lowest BCUT2D eigenvalue weighted by Crippen LogP contribution is -2.54. The van der Waals surface area contributed by atoms with Gasteiger partial charge < -0.3 is 25.2 Å². The lowest BCUT2D eigenvalue weighted by molar-refractivity contribution is 0.421. The molecule has 0 spiro atoms. The maximum absolute atomic E-state index is 9.88. The van der Waals surface area contributed by atoms with E-state index >= 15 is 0 Å². The Kier molecular flexibility index (Phi) is 4.39. The summed E-state index contributed by atoms with van der Waals surface area (Å²) in [5.41, 5.74) is 9.07.